The van der Waals surface area contributed by atoms with E-state index in [4.69, 9.17) is 0 Å². The Morgan fingerprint density at radius 2 is 2.00 bits per heavy atom. The van der Waals surface area contributed by atoms with E-state index in [1.54, 1.807) is 0 Å². The number of nitrogens with zero attached hydrogens (tertiary/aromatic N) is 1. The van der Waals surface area contributed by atoms with E-state index in [1.165, 1.54) is 10.6 Å². The summed E-state index contributed by atoms with van der Waals surface area (Å²) >= 11 is 0. The van der Waals surface area contributed by atoms with Gasteiger partial charge in [0.1, 0.15) is 0 Å². The maximum atomic E-state index is 12.3. The molecule has 1 N–H and O–H groups in total. The van der Waals surface area contributed by atoms with Crippen LogP contribution in [0.25, 0.3) is 0 Å². The van der Waals surface area contributed by atoms with Crippen molar-refractivity contribution >= 4 is 21.6 Å². The van der Waals surface area contributed by atoms with E-state index in [0.29, 0.717) is 6.54 Å². The van der Waals surface area contributed by atoms with Crippen molar-refractivity contribution in [3.05, 3.63) is 29.3 Å². The van der Waals surface area contributed by atoms with Gasteiger partial charge in [0.15, 0.2) is 0 Å². The molecule has 6 heteroatoms. The van der Waals surface area contributed by atoms with Gasteiger partial charge in [-0.3, -0.25) is 9.10 Å². The molecular weight excluding hydrogens is 324 g/mol. The molecule has 0 aromatic heterocycles. The van der Waals surface area contributed by atoms with Gasteiger partial charge in [-0.1, -0.05) is 38.5 Å². The van der Waals surface area contributed by atoms with Gasteiger partial charge in [0.05, 0.1) is 18.5 Å². The molecule has 1 saturated carbocycles. The van der Waals surface area contributed by atoms with E-state index < -0.39 is 10.0 Å². The first kappa shape index (κ1) is 18.8. The van der Waals surface area contributed by atoms with Crippen LogP contribution in [0, 0.1) is 12.8 Å². The predicted octanol–water partition coefficient (Wildman–Crippen LogP) is 2.80. The first-order valence-electron chi connectivity index (χ1n) is 8.56. The van der Waals surface area contributed by atoms with Gasteiger partial charge in [-0.2, -0.15) is 0 Å². The van der Waals surface area contributed by atoms with Crippen LogP contribution in [0.3, 0.4) is 0 Å². The predicted molar refractivity (Wildman–Crippen MR) is 97.8 cm³/mol. The highest BCUT2D eigenvalue weighted by Crippen LogP contribution is 2.32. The zero-order valence-electron chi connectivity index (χ0n) is 15.0. The second-order valence-electron chi connectivity index (χ2n) is 6.92. The van der Waals surface area contributed by atoms with Gasteiger partial charge in [-0.05, 0) is 36.8 Å². The number of carbonyl (C=O) groups excluding carboxylic acids is 1. The highest BCUT2D eigenvalue weighted by Gasteiger charge is 2.26. The highest BCUT2D eigenvalue weighted by atomic mass is 32.2. The molecule has 1 aliphatic rings. The number of hydrogen-bond donors (Lipinski definition) is 1. The van der Waals surface area contributed by atoms with Gasteiger partial charge in [0.25, 0.3) is 0 Å². The van der Waals surface area contributed by atoms with Crippen molar-refractivity contribution in [1.82, 2.24) is 5.32 Å². The Kier molecular flexibility index (Phi) is 5.91. The van der Waals surface area contributed by atoms with Crippen LogP contribution >= 0.6 is 0 Å². The third kappa shape index (κ3) is 4.29. The Balaban J connectivity index is 2.19. The lowest BCUT2D eigenvalue weighted by Crippen LogP contribution is -2.41. The zero-order chi connectivity index (χ0) is 17.9. The van der Waals surface area contributed by atoms with Crippen LogP contribution < -0.4 is 9.62 Å². The molecule has 1 fully saturated rings. The first-order valence-corrected chi connectivity index (χ1v) is 10.4. The van der Waals surface area contributed by atoms with Crippen LogP contribution in [-0.2, 0) is 14.8 Å². The van der Waals surface area contributed by atoms with Crippen LogP contribution in [0.4, 0.5) is 5.69 Å². The lowest BCUT2D eigenvalue weighted by atomic mass is 9.85. The molecule has 1 amide bonds. The summed E-state index contributed by atoms with van der Waals surface area (Å²) in [5.41, 5.74) is 2.68. The summed E-state index contributed by atoms with van der Waals surface area (Å²) in [6.07, 6.45) is 4.21. The maximum absolute atomic E-state index is 12.3. The fourth-order valence-corrected chi connectivity index (χ4v) is 4.03. The molecule has 0 spiro atoms. The number of para-hydroxylation sites is 1. The van der Waals surface area contributed by atoms with Crippen molar-refractivity contribution in [3.63, 3.8) is 0 Å². The minimum Gasteiger partial charge on any atom is -0.354 e. The fourth-order valence-electron chi connectivity index (χ4n) is 3.03. The number of hydrogen-bond acceptors (Lipinski definition) is 3. The fraction of sp³-hybridized carbons (Fsp3) is 0.611. The summed E-state index contributed by atoms with van der Waals surface area (Å²) in [5, 5.41) is 2.88. The van der Waals surface area contributed by atoms with Crippen molar-refractivity contribution in [2.45, 2.75) is 46.0 Å². The summed E-state index contributed by atoms with van der Waals surface area (Å²) in [4.78, 5) is 12.0. The molecular formula is C18H28N2O3S. The van der Waals surface area contributed by atoms with E-state index in [2.05, 4.69) is 19.2 Å². The molecule has 0 aliphatic heterocycles. The molecule has 134 valence electrons. The van der Waals surface area contributed by atoms with Crippen molar-refractivity contribution < 1.29 is 13.2 Å². The van der Waals surface area contributed by atoms with Crippen LogP contribution in [-0.4, -0.2) is 33.7 Å². The van der Waals surface area contributed by atoms with E-state index in [0.717, 1.165) is 36.1 Å². The van der Waals surface area contributed by atoms with Gasteiger partial charge in [-0.25, -0.2) is 8.42 Å². The average molecular weight is 353 g/mol. The quantitative estimate of drug-likeness (QED) is 0.820. The van der Waals surface area contributed by atoms with E-state index in [-0.39, 0.29) is 24.3 Å². The third-order valence-electron chi connectivity index (χ3n) is 4.63. The Morgan fingerprint density at radius 3 is 2.50 bits per heavy atom. The number of aryl methyl sites for hydroxylation is 1. The summed E-state index contributed by atoms with van der Waals surface area (Å²) in [7, 11) is -3.42. The minimum absolute atomic E-state index is 0.0450. The molecule has 0 saturated heterocycles. The zero-order valence-corrected chi connectivity index (χ0v) is 15.8. The van der Waals surface area contributed by atoms with Crippen LogP contribution in [0.5, 0.6) is 0 Å². The third-order valence-corrected chi connectivity index (χ3v) is 5.80. The summed E-state index contributed by atoms with van der Waals surface area (Å²) in [6, 6.07) is 5.84. The van der Waals surface area contributed by atoms with Gasteiger partial charge < -0.3 is 5.32 Å². The van der Waals surface area contributed by atoms with Crippen molar-refractivity contribution in [2.24, 2.45) is 5.92 Å². The number of carbonyl (C=O) groups is 1. The molecule has 5 nitrogen and oxygen atoms in total. The second kappa shape index (κ2) is 7.55. The highest BCUT2D eigenvalue weighted by molar-refractivity contribution is 7.92. The molecule has 1 aromatic rings. The topological polar surface area (TPSA) is 66.5 Å². The number of rotatable bonds is 7. The lowest BCUT2D eigenvalue weighted by Gasteiger charge is -2.29. The van der Waals surface area contributed by atoms with Gasteiger partial charge >= 0.3 is 0 Å². The van der Waals surface area contributed by atoms with Crippen LogP contribution in [0.1, 0.15) is 50.2 Å². The molecule has 1 aromatic carbocycles. The average Bonchev–Trinajstić information content (AvgIpc) is 2.40. The number of amides is 1. The molecule has 0 bridgehead atoms. The number of nitrogens with one attached hydrogen (secondary N) is 1. The monoisotopic (exact) mass is 352 g/mol. The first-order chi connectivity index (χ1) is 11.2. The van der Waals surface area contributed by atoms with Gasteiger partial charge in [0.2, 0.25) is 15.9 Å². The van der Waals surface area contributed by atoms with Crippen molar-refractivity contribution in [1.29, 1.82) is 0 Å². The molecule has 2 rings (SSSR count). The number of anilines is 1. The summed E-state index contributed by atoms with van der Waals surface area (Å²) < 4.78 is 26.1. The van der Waals surface area contributed by atoms with E-state index in [9.17, 15) is 13.2 Å². The Bertz CT molecular complexity index is 694. The Hall–Kier alpha value is -1.56. The Morgan fingerprint density at radius 1 is 1.33 bits per heavy atom. The molecule has 0 atom stereocenters. The van der Waals surface area contributed by atoms with E-state index >= 15 is 0 Å². The molecule has 24 heavy (non-hydrogen) atoms. The molecule has 1 aliphatic carbocycles. The summed E-state index contributed by atoms with van der Waals surface area (Å²) in [6.45, 7) is 6.61. The summed E-state index contributed by atoms with van der Waals surface area (Å²) in [5.74, 6) is 0.374. The Labute approximate surface area is 145 Å². The minimum atomic E-state index is -3.42. The van der Waals surface area contributed by atoms with Gasteiger partial charge in [0, 0.05) is 12.5 Å². The smallest absolute Gasteiger partial charge is 0.232 e. The standard InChI is InChI=1S/C18H28N2O3S/c1-13(2)16-10-5-7-14(3)17(16)20(24(4,22)23)12-11-19-18(21)15-8-6-9-15/h5,7,10,13,15H,6,8-9,11-12H2,1-4H3,(H,19,21). The number of benzene rings is 1. The molecule has 0 unspecified atom stereocenters. The van der Waals surface area contributed by atoms with E-state index in [1.807, 2.05) is 25.1 Å². The van der Waals surface area contributed by atoms with Gasteiger partial charge in [-0.15, -0.1) is 0 Å². The normalized spacial score (nSPS) is 15.2. The van der Waals surface area contributed by atoms with Crippen LogP contribution in [0.2, 0.25) is 0 Å². The van der Waals surface area contributed by atoms with Crippen LogP contribution in [0.15, 0.2) is 18.2 Å². The number of sulfonamides is 1. The largest absolute Gasteiger partial charge is 0.354 e. The van der Waals surface area contributed by atoms with Crippen molar-refractivity contribution in [3.8, 4) is 0 Å². The maximum Gasteiger partial charge on any atom is 0.232 e. The lowest BCUT2D eigenvalue weighted by molar-refractivity contribution is -0.127. The van der Waals surface area contributed by atoms with Crippen molar-refractivity contribution in [2.75, 3.05) is 23.7 Å². The molecule has 0 radical (unpaired) electrons. The second-order valence-corrected chi connectivity index (χ2v) is 8.83. The molecule has 0 heterocycles. The SMILES string of the molecule is Cc1cccc(C(C)C)c1N(CCNC(=O)C1CCC1)S(C)(=O)=O.